The second-order valence-corrected chi connectivity index (χ2v) is 11.7. The molecule has 0 radical (unpaired) electrons. The lowest BCUT2D eigenvalue weighted by Crippen LogP contribution is -2.22. The van der Waals surface area contributed by atoms with Crippen LogP contribution < -0.4 is 10.6 Å². The number of unbranched alkanes of at least 4 members (excludes halogenated alkanes) is 2. The fraction of sp³-hybridized carbons (Fsp3) is 0.182. The van der Waals surface area contributed by atoms with Crippen LogP contribution in [-0.2, 0) is 15.8 Å². The molecule has 1 amide bonds. The largest absolute Gasteiger partial charge is 0.383 e. The van der Waals surface area contributed by atoms with Crippen molar-refractivity contribution in [3.05, 3.63) is 120 Å². The van der Waals surface area contributed by atoms with Crippen LogP contribution in [0.5, 0.6) is 0 Å². The van der Waals surface area contributed by atoms with E-state index in [0.717, 1.165) is 47.5 Å². The summed E-state index contributed by atoms with van der Waals surface area (Å²) < 4.78 is 12.7. The van der Waals surface area contributed by atoms with Gasteiger partial charge in [-0.25, -0.2) is 0 Å². The quantitative estimate of drug-likeness (QED) is 0.0995. The SMILES string of the molecule is O=C(Nc1cc2ccccc2cc1NCCCCCc1ccccc1)C(c1cccc2ccccc12)P(=O)(O)O. The molecule has 5 aromatic carbocycles. The molecule has 204 valence electrons. The highest BCUT2D eigenvalue weighted by Gasteiger charge is 2.38. The fourth-order valence-electron chi connectivity index (χ4n) is 5.15. The fourth-order valence-corrected chi connectivity index (χ4v) is 6.11. The third kappa shape index (κ3) is 6.60. The standard InChI is InChI=1S/C33H33N2O4P/c36-33(32(40(37,38)39)29-20-11-18-25-15-8-9-19-28(25)29)35-31-23-27-17-7-6-16-26(27)22-30(31)34-21-10-2-5-14-24-12-3-1-4-13-24/h1,3-4,6-9,11-13,15-20,22-23,32,34H,2,5,10,14,21H2,(H,35,36)(H2,37,38,39). The minimum atomic E-state index is -4.85. The smallest absolute Gasteiger partial charge is 0.342 e. The number of amides is 1. The second-order valence-electron chi connectivity index (χ2n) is 10.0. The van der Waals surface area contributed by atoms with E-state index in [1.165, 1.54) is 5.56 Å². The monoisotopic (exact) mass is 552 g/mol. The highest BCUT2D eigenvalue weighted by Crippen LogP contribution is 2.53. The molecular formula is C33H33N2O4P. The highest BCUT2D eigenvalue weighted by molar-refractivity contribution is 7.53. The number of hydrogen-bond donors (Lipinski definition) is 4. The number of anilines is 2. The summed E-state index contributed by atoms with van der Waals surface area (Å²) in [7, 11) is -4.85. The van der Waals surface area contributed by atoms with Gasteiger partial charge in [-0.2, -0.15) is 0 Å². The van der Waals surface area contributed by atoms with Gasteiger partial charge in [0.05, 0.1) is 11.4 Å². The van der Waals surface area contributed by atoms with Crippen LogP contribution in [-0.4, -0.2) is 22.2 Å². The first-order valence-corrected chi connectivity index (χ1v) is 15.2. The maximum absolute atomic E-state index is 13.6. The first kappa shape index (κ1) is 27.6. The van der Waals surface area contributed by atoms with Crippen molar-refractivity contribution >= 4 is 46.4 Å². The zero-order valence-corrected chi connectivity index (χ0v) is 23.1. The number of benzene rings is 5. The van der Waals surface area contributed by atoms with Crippen LogP contribution in [0.1, 0.15) is 36.0 Å². The Bertz CT molecular complexity index is 1660. The number of carbonyl (C=O) groups excluding carboxylic acids is 1. The van der Waals surface area contributed by atoms with Gasteiger partial charge in [-0.3, -0.25) is 9.36 Å². The zero-order valence-electron chi connectivity index (χ0n) is 22.2. The van der Waals surface area contributed by atoms with E-state index >= 15 is 0 Å². The van der Waals surface area contributed by atoms with Crippen LogP contribution >= 0.6 is 7.60 Å². The average molecular weight is 553 g/mol. The molecule has 40 heavy (non-hydrogen) atoms. The van der Waals surface area contributed by atoms with Gasteiger partial charge >= 0.3 is 7.60 Å². The van der Waals surface area contributed by atoms with Crippen molar-refractivity contribution in [3.8, 4) is 0 Å². The van der Waals surface area contributed by atoms with Gasteiger partial charge in [0.1, 0.15) is 0 Å². The molecule has 5 rings (SSSR count). The summed E-state index contributed by atoms with van der Waals surface area (Å²) in [6.07, 6.45) is 4.13. The van der Waals surface area contributed by atoms with Crippen LogP contribution in [0.2, 0.25) is 0 Å². The van der Waals surface area contributed by atoms with Gasteiger partial charge < -0.3 is 20.4 Å². The molecule has 0 fully saturated rings. The normalized spacial score (nSPS) is 12.3. The molecule has 7 heteroatoms. The van der Waals surface area contributed by atoms with Gasteiger partial charge in [0.2, 0.25) is 5.91 Å². The lowest BCUT2D eigenvalue weighted by Gasteiger charge is -2.22. The third-order valence-electron chi connectivity index (χ3n) is 7.15. The van der Waals surface area contributed by atoms with Crippen LogP contribution in [0.15, 0.2) is 109 Å². The topological polar surface area (TPSA) is 98.7 Å². The van der Waals surface area contributed by atoms with Crippen LogP contribution in [0.25, 0.3) is 21.5 Å². The van der Waals surface area contributed by atoms with E-state index in [1.54, 1.807) is 24.3 Å². The summed E-state index contributed by atoms with van der Waals surface area (Å²) in [5.41, 5.74) is 1.21. The number of carbonyl (C=O) groups is 1. The van der Waals surface area contributed by atoms with Gasteiger partial charge in [0.25, 0.3) is 0 Å². The van der Waals surface area contributed by atoms with E-state index in [2.05, 4.69) is 34.9 Å². The van der Waals surface area contributed by atoms with Crippen molar-refractivity contribution in [2.75, 3.05) is 17.2 Å². The summed E-state index contributed by atoms with van der Waals surface area (Å²) in [5.74, 6) is -0.745. The first-order chi connectivity index (χ1) is 19.4. The van der Waals surface area contributed by atoms with Gasteiger partial charge in [-0.15, -0.1) is 0 Å². The predicted octanol–water partition coefficient (Wildman–Crippen LogP) is 7.68. The molecule has 6 nitrogen and oxygen atoms in total. The minimum absolute atomic E-state index is 0.303. The molecular weight excluding hydrogens is 519 g/mol. The summed E-state index contributed by atoms with van der Waals surface area (Å²) >= 11 is 0. The molecule has 0 aromatic heterocycles. The summed E-state index contributed by atoms with van der Waals surface area (Å²) in [6, 6.07) is 34.6. The number of hydrogen-bond acceptors (Lipinski definition) is 3. The Hall–Kier alpha value is -3.96. The molecule has 5 aromatic rings. The molecule has 0 aliphatic rings. The lowest BCUT2D eigenvalue weighted by atomic mass is 10.0. The number of nitrogens with one attached hydrogen (secondary N) is 2. The summed E-state index contributed by atoms with van der Waals surface area (Å²) in [5, 5.41) is 9.68. The molecule has 0 aliphatic carbocycles. The van der Waals surface area contributed by atoms with E-state index in [4.69, 9.17) is 0 Å². The molecule has 0 spiro atoms. The Balaban J connectivity index is 1.35. The van der Waals surface area contributed by atoms with Gasteiger partial charge in [-0.05, 0) is 64.1 Å². The Morgan fingerprint density at radius 2 is 1.32 bits per heavy atom. The van der Waals surface area contributed by atoms with Crippen molar-refractivity contribution in [3.63, 3.8) is 0 Å². The second kappa shape index (κ2) is 12.5. The van der Waals surface area contributed by atoms with E-state index in [9.17, 15) is 19.1 Å². The van der Waals surface area contributed by atoms with E-state index in [0.29, 0.717) is 23.2 Å². The molecule has 0 saturated heterocycles. The molecule has 1 unspecified atom stereocenters. The third-order valence-corrected chi connectivity index (χ3v) is 8.33. The van der Waals surface area contributed by atoms with Gasteiger partial charge in [0, 0.05) is 6.54 Å². The predicted molar refractivity (Wildman–Crippen MR) is 164 cm³/mol. The Labute approximate surface area is 234 Å². The molecule has 0 aliphatic heterocycles. The maximum atomic E-state index is 13.6. The summed E-state index contributed by atoms with van der Waals surface area (Å²) in [4.78, 5) is 34.3. The van der Waals surface area contributed by atoms with E-state index < -0.39 is 19.2 Å². The van der Waals surface area contributed by atoms with E-state index in [1.807, 2.05) is 60.7 Å². The molecule has 0 saturated carbocycles. The van der Waals surface area contributed by atoms with Crippen LogP contribution in [0, 0.1) is 0 Å². The average Bonchev–Trinajstić information content (AvgIpc) is 2.95. The van der Waals surface area contributed by atoms with Crippen molar-refractivity contribution in [1.82, 2.24) is 0 Å². The molecule has 0 heterocycles. The number of fused-ring (bicyclic) bond motifs is 2. The summed E-state index contributed by atoms with van der Waals surface area (Å²) in [6.45, 7) is 0.710. The highest BCUT2D eigenvalue weighted by atomic mass is 31.2. The molecule has 4 N–H and O–H groups in total. The Morgan fingerprint density at radius 3 is 2.05 bits per heavy atom. The van der Waals surface area contributed by atoms with Crippen molar-refractivity contribution < 1.29 is 19.1 Å². The number of aryl methyl sites for hydroxylation is 1. The first-order valence-electron chi connectivity index (χ1n) is 13.5. The molecule has 1 atom stereocenters. The van der Waals surface area contributed by atoms with Gasteiger partial charge in [-0.1, -0.05) is 103 Å². The van der Waals surface area contributed by atoms with Crippen molar-refractivity contribution in [2.24, 2.45) is 0 Å². The lowest BCUT2D eigenvalue weighted by molar-refractivity contribution is -0.116. The van der Waals surface area contributed by atoms with Gasteiger partial charge in [0.15, 0.2) is 5.66 Å². The Morgan fingerprint density at radius 1 is 0.700 bits per heavy atom. The van der Waals surface area contributed by atoms with Crippen LogP contribution in [0.4, 0.5) is 11.4 Å². The van der Waals surface area contributed by atoms with Crippen molar-refractivity contribution in [1.29, 1.82) is 0 Å². The zero-order chi connectivity index (χ0) is 28.0. The van der Waals surface area contributed by atoms with Crippen LogP contribution in [0.3, 0.4) is 0 Å². The minimum Gasteiger partial charge on any atom is -0.383 e. The maximum Gasteiger partial charge on any atom is 0.342 e. The molecule has 0 bridgehead atoms. The Kier molecular flexibility index (Phi) is 8.61. The number of rotatable bonds is 11. The van der Waals surface area contributed by atoms with Crippen molar-refractivity contribution in [2.45, 2.75) is 31.3 Å². The van der Waals surface area contributed by atoms with E-state index in [-0.39, 0.29) is 0 Å².